The quantitative estimate of drug-likeness (QED) is 0.162. The molecule has 0 aliphatic heterocycles. The van der Waals surface area contributed by atoms with Crippen molar-refractivity contribution in [1.82, 2.24) is 9.78 Å². The van der Waals surface area contributed by atoms with E-state index in [1.807, 2.05) is 22.9 Å². The van der Waals surface area contributed by atoms with Crippen molar-refractivity contribution in [2.45, 2.75) is 19.3 Å². The van der Waals surface area contributed by atoms with Crippen LogP contribution in [0, 0.1) is 19.9 Å². The molecule has 0 fully saturated rings. The molecule has 4 aromatic carbocycles. The van der Waals surface area contributed by atoms with Crippen molar-refractivity contribution >= 4 is 0 Å². The zero-order valence-corrected chi connectivity index (χ0v) is 21.1. The van der Waals surface area contributed by atoms with Crippen molar-refractivity contribution in [3.05, 3.63) is 155 Å². The van der Waals surface area contributed by atoms with Gasteiger partial charge in [-0.05, 0) is 36.2 Å². The largest absolute Gasteiger partial charge is 0.262 e. The van der Waals surface area contributed by atoms with Crippen LogP contribution in [0.25, 0.3) is 5.69 Å². The van der Waals surface area contributed by atoms with Gasteiger partial charge >= 0.3 is 0 Å². The van der Waals surface area contributed by atoms with Crippen LogP contribution in [0.2, 0.25) is 0 Å². The molecule has 1 aromatic heterocycles. The molecule has 165 valence electrons. The van der Waals surface area contributed by atoms with Crippen LogP contribution >= 0.6 is 0 Å². The van der Waals surface area contributed by atoms with E-state index < -0.39 is 5.41 Å². The number of hydrogen-bond donors (Lipinski definition) is 0. The van der Waals surface area contributed by atoms with E-state index in [1.165, 1.54) is 22.3 Å². The number of aryl methyl sites for hydroxylation is 1. The first kappa shape index (κ1) is 22.9. The van der Waals surface area contributed by atoms with Crippen molar-refractivity contribution < 1.29 is 20.1 Å². The van der Waals surface area contributed by atoms with Gasteiger partial charge in [0.05, 0.1) is 11.1 Å². The molecular weight excluding hydrogens is 581 g/mol. The molecule has 0 unspecified atom stereocenters. The van der Waals surface area contributed by atoms with Gasteiger partial charge in [0.15, 0.2) is 0 Å². The van der Waals surface area contributed by atoms with Gasteiger partial charge < -0.3 is 0 Å². The van der Waals surface area contributed by atoms with E-state index in [0.29, 0.717) is 0 Å². The van der Waals surface area contributed by atoms with E-state index in [9.17, 15) is 0 Å². The van der Waals surface area contributed by atoms with E-state index in [1.54, 1.807) is 0 Å². The van der Waals surface area contributed by atoms with E-state index in [2.05, 4.69) is 117 Å². The second kappa shape index (κ2) is 9.70. The van der Waals surface area contributed by atoms with Crippen LogP contribution in [-0.2, 0) is 25.5 Å². The summed E-state index contributed by atoms with van der Waals surface area (Å²) in [4.78, 5) is 0. The summed E-state index contributed by atoms with van der Waals surface area (Å²) in [5, 5.41) is 5.01. The van der Waals surface area contributed by atoms with Gasteiger partial charge in [-0.3, -0.25) is 4.68 Å². The Labute approximate surface area is 209 Å². The van der Waals surface area contributed by atoms with E-state index in [4.69, 9.17) is 5.10 Å². The summed E-state index contributed by atoms with van der Waals surface area (Å²) in [6.07, 6.45) is 0. The Morgan fingerprint density at radius 2 is 1.09 bits per heavy atom. The minimum absolute atomic E-state index is 0. The molecule has 33 heavy (non-hydrogen) atoms. The van der Waals surface area contributed by atoms with Crippen LogP contribution in [0.4, 0.5) is 0 Å². The number of para-hydroxylation sites is 1. The predicted molar refractivity (Wildman–Crippen MR) is 130 cm³/mol. The number of nitrogens with zero attached hydrogens (tertiary/aromatic N) is 2. The standard InChI is InChI=1S/C30H25N2.Ir/c1-23-29(24(2)32(31-23)28-21-13-6-14-22-28)30(25-15-7-3-8-16-25,26-17-9-4-10-18-26)27-19-11-5-12-20-27;/h3-21H,1-2H3;/q-1;. The molecule has 0 bridgehead atoms. The molecule has 2 nitrogen and oxygen atoms in total. The maximum absolute atomic E-state index is 5.01. The van der Waals surface area contributed by atoms with Gasteiger partial charge in [0.1, 0.15) is 0 Å². The van der Waals surface area contributed by atoms with Crippen molar-refractivity contribution in [3.8, 4) is 5.69 Å². The molecule has 5 aromatic rings. The molecule has 0 aliphatic rings. The molecule has 0 N–H and O–H groups in total. The Kier molecular flexibility index (Phi) is 6.74. The van der Waals surface area contributed by atoms with Crippen LogP contribution in [0.3, 0.4) is 0 Å². The fourth-order valence-corrected chi connectivity index (χ4v) is 4.93. The number of rotatable bonds is 5. The first-order valence-corrected chi connectivity index (χ1v) is 10.9. The Hall–Kier alpha value is -3.26. The molecule has 1 heterocycles. The molecule has 3 heteroatoms. The summed E-state index contributed by atoms with van der Waals surface area (Å²) < 4.78 is 2.02. The van der Waals surface area contributed by atoms with Gasteiger partial charge in [-0.1, -0.05) is 91.0 Å². The van der Waals surface area contributed by atoms with Gasteiger partial charge in [-0.15, -0.1) is 6.07 Å². The number of hydrogen-bond acceptors (Lipinski definition) is 1. The molecule has 0 saturated carbocycles. The third-order valence-electron chi connectivity index (χ3n) is 6.21. The second-order valence-corrected chi connectivity index (χ2v) is 8.05. The Bertz CT molecular complexity index is 1210. The Morgan fingerprint density at radius 3 is 1.52 bits per heavy atom. The van der Waals surface area contributed by atoms with Crippen molar-refractivity contribution in [2.24, 2.45) is 0 Å². The molecule has 0 saturated heterocycles. The summed E-state index contributed by atoms with van der Waals surface area (Å²) in [6, 6.07) is 43.7. The van der Waals surface area contributed by atoms with E-state index >= 15 is 0 Å². The monoisotopic (exact) mass is 606 g/mol. The van der Waals surface area contributed by atoms with Gasteiger partial charge in [0.25, 0.3) is 0 Å². The maximum Gasteiger partial charge on any atom is 0.0737 e. The first-order chi connectivity index (χ1) is 15.7. The van der Waals surface area contributed by atoms with Gasteiger partial charge in [-0.2, -0.15) is 29.4 Å². The predicted octanol–water partition coefficient (Wildman–Crippen LogP) is 6.67. The van der Waals surface area contributed by atoms with Crippen molar-refractivity contribution in [2.75, 3.05) is 0 Å². The van der Waals surface area contributed by atoms with Crippen LogP contribution in [0.1, 0.15) is 33.6 Å². The summed E-state index contributed by atoms with van der Waals surface area (Å²) in [5.74, 6) is 0. The smallest absolute Gasteiger partial charge is 0.0737 e. The minimum Gasteiger partial charge on any atom is -0.262 e. The molecule has 0 spiro atoms. The third kappa shape index (κ3) is 3.88. The maximum atomic E-state index is 5.01. The normalized spacial score (nSPS) is 11.1. The Morgan fingerprint density at radius 1 is 0.636 bits per heavy atom. The van der Waals surface area contributed by atoms with E-state index in [0.717, 1.165) is 17.1 Å². The van der Waals surface area contributed by atoms with Crippen LogP contribution in [-0.4, -0.2) is 9.78 Å². The van der Waals surface area contributed by atoms with Crippen LogP contribution < -0.4 is 0 Å². The molecular formula is C30H25IrN2-. The second-order valence-electron chi connectivity index (χ2n) is 8.05. The number of benzene rings is 4. The molecule has 0 aliphatic carbocycles. The SMILES string of the molecule is Cc1nn(-c2[c-]cccc2)c(C)c1C(c1ccccc1)(c1ccccc1)c1ccccc1.[Ir]. The number of aromatic nitrogens is 2. The summed E-state index contributed by atoms with van der Waals surface area (Å²) >= 11 is 0. The first-order valence-electron chi connectivity index (χ1n) is 10.9. The molecule has 0 amide bonds. The third-order valence-corrected chi connectivity index (χ3v) is 6.21. The van der Waals surface area contributed by atoms with Crippen LogP contribution in [0.5, 0.6) is 0 Å². The fraction of sp³-hybridized carbons (Fsp3) is 0.100. The average molecular weight is 606 g/mol. The average Bonchev–Trinajstić information content (AvgIpc) is 3.17. The topological polar surface area (TPSA) is 17.8 Å². The van der Waals surface area contributed by atoms with Crippen molar-refractivity contribution in [3.63, 3.8) is 0 Å². The summed E-state index contributed by atoms with van der Waals surface area (Å²) in [7, 11) is 0. The van der Waals surface area contributed by atoms with Crippen molar-refractivity contribution in [1.29, 1.82) is 0 Å². The fourth-order valence-electron chi connectivity index (χ4n) is 4.93. The summed E-state index contributed by atoms with van der Waals surface area (Å²) in [5.41, 5.74) is 7.45. The molecule has 0 atom stereocenters. The zero-order valence-electron chi connectivity index (χ0n) is 18.7. The summed E-state index contributed by atoms with van der Waals surface area (Å²) in [6.45, 7) is 4.28. The van der Waals surface area contributed by atoms with E-state index in [-0.39, 0.29) is 20.1 Å². The van der Waals surface area contributed by atoms with Gasteiger partial charge in [0, 0.05) is 31.4 Å². The Balaban J connectivity index is 0.00000259. The molecule has 5 rings (SSSR count). The zero-order chi connectivity index (χ0) is 22.0. The molecule has 1 radical (unpaired) electrons. The van der Waals surface area contributed by atoms with Gasteiger partial charge in [-0.25, -0.2) is 0 Å². The van der Waals surface area contributed by atoms with Crippen LogP contribution in [0.15, 0.2) is 115 Å². The van der Waals surface area contributed by atoms with Gasteiger partial charge in [0.2, 0.25) is 0 Å². The minimum atomic E-state index is -0.495.